The van der Waals surface area contributed by atoms with E-state index >= 15 is 0 Å². The van der Waals surface area contributed by atoms with E-state index in [4.69, 9.17) is 9.05 Å². The molecule has 0 N–H and O–H groups in total. The zero-order chi connectivity index (χ0) is 30.6. The van der Waals surface area contributed by atoms with Crippen molar-refractivity contribution < 1.29 is 9.05 Å². The minimum Gasteiger partial charge on any atom is -0.468 e. The molecule has 9 rings (SSSR count). The van der Waals surface area contributed by atoms with Gasteiger partial charge in [0, 0.05) is 45.0 Å². The molecule has 5 aliphatic rings. The molecule has 4 aromatic rings. The van der Waals surface area contributed by atoms with Crippen LogP contribution in [-0.2, 0) is 9.05 Å². The van der Waals surface area contributed by atoms with Gasteiger partial charge in [0.05, 0.1) is 5.31 Å². The number of rotatable bonds is 4. The molecule has 0 saturated heterocycles. The van der Waals surface area contributed by atoms with E-state index in [1.54, 1.807) is 0 Å². The van der Waals surface area contributed by atoms with E-state index in [0.29, 0.717) is 0 Å². The summed E-state index contributed by atoms with van der Waals surface area (Å²) in [6.45, 7) is 9.96. The lowest BCUT2D eigenvalue weighted by Crippen LogP contribution is -2.38. The van der Waals surface area contributed by atoms with Gasteiger partial charge >= 0.3 is 0 Å². The average molecular weight is 623 g/mol. The molecule has 45 heavy (non-hydrogen) atoms. The van der Waals surface area contributed by atoms with Gasteiger partial charge in [-0.1, -0.05) is 149 Å². The zero-order valence-electron chi connectivity index (χ0n) is 26.2. The topological polar surface area (TPSA) is 18.5 Å². The number of allylic oxidation sites excluding steroid dienone is 5. The molecule has 4 atom stereocenters. The molecule has 1 aliphatic carbocycles. The molecule has 0 fully saturated rings. The standard InChI is InChI=1S/C41H36O2P2/c1-39(2)37-34(43-44-26-41(37,4)32(28-19-11-6-12-20-28)35(44)30-23-15-8-16-24-30)36-38(39)40(3)25-45(36)42-33(29-21-13-7-14-22-29)31(40)27-17-9-5-10-18-27/h5-24H,25-26H2,1-4H3/t40-,41-,44?,45?/m0/s1. The van der Waals surface area contributed by atoms with Crippen LogP contribution in [0, 0.1) is 16.2 Å². The first-order valence-electron chi connectivity index (χ1n) is 16.0. The zero-order valence-corrected chi connectivity index (χ0v) is 28.0. The van der Waals surface area contributed by atoms with Crippen molar-refractivity contribution in [2.45, 2.75) is 27.7 Å². The van der Waals surface area contributed by atoms with E-state index < -0.39 is 16.3 Å². The monoisotopic (exact) mass is 622 g/mol. The number of benzene rings is 4. The van der Waals surface area contributed by atoms with Crippen molar-refractivity contribution in [3.8, 4) is 0 Å². The molecule has 0 spiro atoms. The predicted octanol–water partition coefficient (Wildman–Crippen LogP) is 11.6. The Bertz CT molecular complexity index is 1990. The Balaban J connectivity index is 1.26. The fourth-order valence-corrected chi connectivity index (χ4v) is 14.8. The van der Waals surface area contributed by atoms with Gasteiger partial charge in [0.1, 0.15) is 27.8 Å². The fourth-order valence-electron chi connectivity index (χ4n) is 9.30. The van der Waals surface area contributed by atoms with Gasteiger partial charge in [-0.2, -0.15) is 0 Å². The van der Waals surface area contributed by atoms with Gasteiger partial charge in [0.25, 0.3) is 0 Å². The van der Waals surface area contributed by atoms with Crippen molar-refractivity contribution in [3.63, 3.8) is 0 Å². The first-order valence-corrected chi connectivity index (χ1v) is 18.8. The second-order valence-electron chi connectivity index (χ2n) is 13.9. The summed E-state index contributed by atoms with van der Waals surface area (Å²) in [5.41, 5.74) is 10.2. The third-order valence-corrected chi connectivity index (χ3v) is 15.2. The lowest BCUT2D eigenvalue weighted by Gasteiger charge is -2.47. The maximum atomic E-state index is 7.42. The summed E-state index contributed by atoms with van der Waals surface area (Å²) in [4.78, 5) is 0. The highest BCUT2D eigenvalue weighted by molar-refractivity contribution is 7.65. The minimum atomic E-state index is -0.905. The van der Waals surface area contributed by atoms with Crippen LogP contribution in [0.3, 0.4) is 0 Å². The lowest BCUT2D eigenvalue weighted by atomic mass is 9.59. The van der Waals surface area contributed by atoms with E-state index in [1.165, 1.54) is 49.6 Å². The van der Waals surface area contributed by atoms with Gasteiger partial charge in [-0.15, -0.1) is 0 Å². The molecule has 222 valence electrons. The van der Waals surface area contributed by atoms with E-state index in [-0.39, 0.29) is 16.2 Å². The van der Waals surface area contributed by atoms with Crippen LogP contribution in [0.4, 0.5) is 0 Å². The third-order valence-electron chi connectivity index (χ3n) is 10.6. The van der Waals surface area contributed by atoms with Crippen molar-refractivity contribution in [2.75, 3.05) is 12.3 Å². The fraction of sp³-hybridized carbons (Fsp3) is 0.220. The van der Waals surface area contributed by atoms with Gasteiger partial charge in [-0.3, -0.25) is 0 Å². The van der Waals surface area contributed by atoms with Gasteiger partial charge < -0.3 is 9.05 Å². The molecule has 4 aliphatic heterocycles. The molecule has 0 saturated carbocycles. The van der Waals surface area contributed by atoms with Crippen LogP contribution in [0.5, 0.6) is 0 Å². The smallest absolute Gasteiger partial charge is 0.135 e. The van der Waals surface area contributed by atoms with Crippen molar-refractivity contribution in [3.05, 3.63) is 166 Å². The number of hydrogen-bond donors (Lipinski definition) is 0. The van der Waals surface area contributed by atoms with Gasteiger partial charge in [0.15, 0.2) is 0 Å². The lowest BCUT2D eigenvalue weighted by molar-refractivity contribution is 0.348. The average Bonchev–Trinajstić information content (AvgIpc) is 3.56. The first-order chi connectivity index (χ1) is 21.8. The summed E-state index contributed by atoms with van der Waals surface area (Å²) in [7, 11) is -1.76. The normalized spacial score (nSPS) is 29.1. The Morgan fingerprint density at radius 1 is 0.444 bits per heavy atom. The molecule has 4 heterocycles. The largest absolute Gasteiger partial charge is 0.468 e. The second kappa shape index (κ2) is 9.65. The molecule has 2 unspecified atom stereocenters. The molecule has 2 nitrogen and oxygen atoms in total. The summed E-state index contributed by atoms with van der Waals surface area (Å²) >= 11 is 0. The molecule has 0 aromatic heterocycles. The van der Waals surface area contributed by atoms with Gasteiger partial charge in [0.2, 0.25) is 0 Å². The van der Waals surface area contributed by atoms with Crippen LogP contribution in [0.1, 0.15) is 49.9 Å². The molecule has 4 bridgehead atoms. The Kier molecular flexibility index (Phi) is 5.92. The van der Waals surface area contributed by atoms with E-state index in [0.717, 1.165) is 29.4 Å². The summed E-state index contributed by atoms with van der Waals surface area (Å²) in [6.07, 6.45) is 2.02. The van der Waals surface area contributed by atoms with E-state index in [2.05, 4.69) is 149 Å². The Labute approximate surface area is 268 Å². The SMILES string of the molecule is CC1(C)C2=C(OP3C[C@@]2(C)C(c2ccccc2)=C3c2ccccc2)C2=C1[C@@]1(C)CP2OC(c2ccccc2)=C1c1ccccc1. The highest BCUT2D eigenvalue weighted by Gasteiger charge is 2.67. The molecule has 4 heteroatoms. The third kappa shape index (κ3) is 3.71. The van der Waals surface area contributed by atoms with Crippen LogP contribution >= 0.6 is 16.3 Å². The molecule has 0 amide bonds. The van der Waals surface area contributed by atoms with Crippen LogP contribution in [0.2, 0.25) is 0 Å². The quantitative estimate of drug-likeness (QED) is 0.211. The Hall–Kier alpha value is -3.70. The molecular weight excluding hydrogens is 586 g/mol. The predicted molar refractivity (Wildman–Crippen MR) is 189 cm³/mol. The van der Waals surface area contributed by atoms with Crippen molar-refractivity contribution in [1.82, 2.24) is 0 Å². The summed E-state index contributed by atoms with van der Waals surface area (Å²) in [5.74, 6) is 2.20. The van der Waals surface area contributed by atoms with Crippen LogP contribution in [0.15, 0.2) is 144 Å². The summed E-state index contributed by atoms with van der Waals surface area (Å²) in [5, 5.41) is 2.78. The van der Waals surface area contributed by atoms with Crippen LogP contribution in [-0.4, -0.2) is 12.3 Å². The van der Waals surface area contributed by atoms with Gasteiger partial charge in [-0.05, 0) is 33.4 Å². The highest BCUT2D eigenvalue weighted by Crippen LogP contribution is 2.84. The number of fused-ring (bicyclic) bond motifs is 8. The molecular formula is C41H36O2P2. The molecule has 4 aromatic carbocycles. The van der Waals surface area contributed by atoms with Crippen molar-refractivity contribution >= 4 is 38.5 Å². The number of hydrogen-bond acceptors (Lipinski definition) is 2. The van der Waals surface area contributed by atoms with E-state index in [1.807, 2.05) is 0 Å². The van der Waals surface area contributed by atoms with Crippen molar-refractivity contribution in [2.24, 2.45) is 16.2 Å². The van der Waals surface area contributed by atoms with Crippen molar-refractivity contribution in [1.29, 1.82) is 0 Å². The Morgan fingerprint density at radius 3 is 1.42 bits per heavy atom. The van der Waals surface area contributed by atoms with Crippen LogP contribution < -0.4 is 0 Å². The minimum absolute atomic E-state index is 0.139. The van der Waals surface area contributed by atoms with E-state index in [9.17, 15) is 0 Å². The maximum Gasteiger partial charge on any atom is 0.135 e. The van der Waals surface area contributed by atoms with Crippen LogP contribution in [0.25, 0.3) is 22.2 Å². The summed E-state index contributed by atoms with van der Waals surface area (Å²) < 4.78 is 14.7. The molecule has 0 radical (unpaired) electrons. The summed E-state index contributed by atoms with van der Waals surface area (Å²) in [6, 6.07) is 43.8. The highest BCUT2D eigenvalue weighted by atomic mass is 31.1. The second-order valence-corrected chi connectivity index (χ2v) is 17.3. The first kappa shape index (κ1) is 27.6. The maximum absolute atomic E-state index is 7.42. The van der Waals surface area contributed by atoms with Gasteiger partial charge in [-0.25, -0.2) is 0 Å². The Morgan fingerprint density at radius 2 is 0.867 bits per heavy atom.